The molecule has 2 aliphatic heterocycles. The Kier molecular flexibility index (Phi) is 7.79. The third-order valence-electron chi connectivity index (χ3n) is 7.21. The number of nitrogens with one attached hydrogen (secondary N) is 1. The maximum atomic E-state index is 13.7. The van der Waals surface area contributed by atoms with Crippen molar-refractivity contribution in [1.82, 2.24) is 10.2 Å². The summed E-state index contributed by atoms with van der Waals surface area (Å²) in [6.45, 7) is 3.53. The molecule has 4 rings (SSSR count). The fourth-order valence-electron chi connectivity index (χ4n) is 5.43. The summed E-state index contributed by atoms with van der Waals surface area (Å²) >= 11 is 0.977. The van der Waals surface area contributed by atoms with E-state index in [1.54, 1.807) is 0 Å². The van der Waals surface area contributed by atoms with Gasteiger partial charge in [-0.05, 0) is 49.1 Å². The summed E-state index contributed by atoms with van der Waals surface area (Å²) in [5.41, 5.74) is 2.99. The molecule has 0 radical (unpaired) electrons. The first-order valence-corrected chi connectivity index (χ1v) is 13.1. The summed E-state index contributed by atoms with van der Waals surface area (Å²) in [4.78, 5) is 52.7. The van der Waals surface area contributed by atoms with Crippen molar-refractivity contribution in [3.05, 3.63) is 59.2 Å². The lowest BCUT2D eigenvalue weighted by atomic mass is 9.89. The number of fused-ring (bicyclic) bond motifs is 3. The summed E-state index contributed by atoms with van der Waals surface area (Å²) in [7, 11) is 0. The second-order valence-corrected chi connectivity index (χ2v) is 11.0. The molecule has 1 aliphatic carbocycles. The van der Waals surface area contributed by atoms with Crippen LogP contribution in [0.2, 0.25) is 0 Å². The van der Waals surface area contributed by atoms with Crippen molar-refractivity contribution >= 4 is 34.7 Å². The summed E-state index contributed by atoms with van der Waals surface area (Å²) in [5.74, 6) is -1.49. The molecule has 1 fully saturated rings. The number of rotatable bonds is 6. The van der Waals surface area contributed by atoms with Crippen molar-refractivity contribution in [2.24, 2.45) is 5.92 Å². The Bertz CT molecular complexity index is 1080. The topological polar surface area (TPSA) is 104 Å². The van der Waals surface area contributed by atoms with E-state index in [-0.39, 0.29) is 28.9 Å². The van der Waals surface area contributed by atoms with Crippen LogP contribution < -0.4 is 5.32 Å². The summed E-state index contributed by atoms with van der Waals surface area (Å²) in [5, 5.41) is 12.0. The van der Waals surface area contributed by atoms with Crippen molar-refractivity contribution in [1.29, 1.82) is 0 Å². The molecule has 0 bridgehead atoms. The number of hydrogen-bond acceptors (Lipinski definition) is 5. The van der Waals surface area contributed by atoms with E-state index < -0.39 is 23.3 Å². The molecule has 2 amide bonds. The number of carboxylic acid groups (broad SMARTS) is 1. The summed E-state index contributed by atoms with van der Waals surface area (Å²) < 4.78 is 0. The SMILES string of the molecule is CC(=O)SC(CC1=CC=CCC1C)C(=O)N[C@H]1Cc2ccccc2[C@H]2CCC[C@@H](C(=O)O)N2C1=O. The number of aliphatic carboxylic acids is 1. The second-order valence-electron chi connectivity index (χ2n) is 9.62. The Labute approximate surface area is 210 Å². The van der Waals surface area contributed by atoms with Gasteiger partial charge >= 0.3 is 5.97 Å². The van der Waals surface area contributed by atoms with Gasteiger partial charge in [0.05, 0.1) is 11.3 Å². The van der Waals surface area contributed by atoms with Crippen LogP contribution in [0.4, 0.5) is 0 Å². The standard InChI is InChI=1S/C27H32N2O5S/c1-16-8-3-4-9-18(16)15-24(35-17(2)30)25(31)28-21-14-19-10-5-6-11-20(19)22-12-7-13-23(27(33)34)29(22)26(21)32/h3-6,9-11,16,21-24H,7-8,12-15H2,1-2H3,(H,28,31)(H,33,34)/t16?,21-,22+,23-,24?/m0/s1. The predicted molar refractivity (Wildman–Crippen MR) is 135 cm³/mol. The first kappa shape index (κ1) is 25.2. The second kappa shape index (κ2) is 10.8. The molecule has 2 N–H and O–H groups in total. The highest BCUT2D eigenvalue weighted by atomic mass is 32.2. The van der Waals surface area contributed by atoms with Crippen LogP contribution in [0.25, 0.3) is 0 Å². The van der Waals surface area contributed by atoms with E-state index in [9.17, 15) is 24.3 Å². The van der Waals surface area contributed by atoms with E-state index in [0.29, 0.717) is 25.7 Å². The number of nitrogens with zero attached hydrogens (tertiary/aromatic N) is 1. The number of amides is 2. The quantitative estimate of drug-likeness (QED) is 0.621. The van der Waals surface area contributed by atoms with Gasteiger partial charge in [-0.25, -0.2) is 4.79 Å². The average Bonchev–Trinajstić information content (AvgIpc) is 2.94. The molecular formula is C27H32N2O5S. The van der Waals surface area contributed by atoms with Crippen LogP contribution in [-0.2, 0) is 25.6 Å². The molecule has 8 heteroatoms. The highest BCUT2D eigenvalue weighted by Gasteiger charge is 2.45. The number of thioether (sulfide) groups is 1. The zero-order valence-electron chi connectivity index (χ0n) is 20.1. The lowest BCUT2D eigenvalue weighted by molar-refractivity contribution is -0.156. The van der Waals surface area contributed by atoms with Gasteiger partial charge in [0.15, 0.2) is 5.12 Å². The van der Waals surface area contributed by atoms with Crippen molar-refractivity contribution < 1.29 is 24.3 Å². The summed E-state index contributed by atoms with van der Waals surface area (Å²) in [6, 6.07) is 5.56. The van der Waals surface area contributed by atoms with Crippen molar-refractivity contribution in [2.75, 3.05) is 0 Å². The van der Waals surface area contributed by atoms with Gasteiger partial charge < -0.3 is 15.3 Å². The van der Waals surface area contributed by atoms with E-state index in [4.69, 9.17) is 0 Å². The molecule has 3 aliphatic rings. The molecule has 1 aromatic rings. The number of benzene rings is 1. The Morgan fingerprint density at radius 2 is 2.00 bits per heavy atom. The molecular weight excluding hydrogens is 464 g/mol. The molecule has 1 saturated heterocycles. The third kappa shape index (κ3) is 5.53. The minimum absolute atomic E-state index is 0.163. The van der Waals surface area contributed by atoms with Crippen LogP contribution in [0, 0.1) is 5.92 Å². The molecule has 0 saturated carbocycles. The predicted octanol–water partition coefficient (Wildman–Crippen LogP) is 3.80. The summed E-state index contributed by atoms with van der Waals surface area (Å²) in [6.07, 6.45) is 9.44. The first-order chi connectivity index (χ1) is 16.8. The minimum atomic E-state index is -1.02. The number of carbonyl (C=O) groups excluding carboxylic acids is 3. The Balaban J connectivity index is 1.62. The fourth-order valence-corrected chi connectivity index (χ4v) is 6.28. The third-order valence-corrected chi connectivity index (χ3v) is 8.21. The lowest BCUT2D eigenvalue weighted by Gasteiger charge is -2.40. The fraction of sp³-hybridized carbons (Fsp3) is 0.481. The molecule has 186 valence electrons. The zero-order valence-corrected chi connectivity index (χ0v) is 20.9. The molecule has 1 aromatic carbocycles. The largest absolute Gasteiger partial charge is 0.480 e. The first-order valence-electron chi connectivity index (χ1n) is 12.2. The van der Waals surface area contributed by atoms with Crippen LogP contribution in [0.15, 0.2) is 48.1 Å². The highest BCUT2D eigenvalue weighted by Crippen LogP contribution is 2.39. The lowest BCUT2D eigenvalue weighted by Crippen LogP contribution is -2.56. The van der Waals surface area contributed by atoms with Crippen LogP contribution >= 0.6 is 11.8 Å². The Morgan fingerprint density at radius 3 is 2.71 bits per heavy atom. The van der Waals surface area contributed by atoms with Crippen molar-refractivity contribution in [3.8, 4) is 0 Å². The molecule has 5 atom stereocenters. The molecule has 0 aromatic heterocycles. The molecule has 7 nitrogen and oxygen atoms in total. The molecule has 2 unspecified atom stereocenters. The number of carbonyl (C=O) groups is 4. The van der Waals surface area contributed by atoms with Gasteiger partial charge in [0.2, 0.25) is 11.8 Å². The maximum Gasteiger partial charge on any atom is 0.326 e. The van der Waals surface area contributed by atoms with Crippen LogP contribution in [0.1, 0.15) is 63.1 Å². The average molecular weight is 497 g/mol. The van der Waals surface area contributed by atoms with Crippen molar-refractivity contribution in [2.45, 2.75) is 75.7 Å². The minimum Gasteiger partial charge on any atom is -0.480 e. The molecule has 0 spiro atoms. The highest BCUT2D eigenvalue weighted by molar-refractivity contribution is 8.14. The van der Waals surface area contributed by atoms with Crippen LogP contribution in [-0.4, -0.2) is 50.2 Å². The van der Waals surface area contributed by atoms with E-state index in [1.165, 1.54) is 11.8 Å². The van der Waals surface area contributed by atoms with E-state index in [2.05, 4.69) is 18.3 Å². The maximum absolute atomic E-state index is 13.7. The van der Waals surface area contributed by atoms with Crippen LogP contribution in [0.3, 0.4) is 0 Å². The van der Waals surface area contributed by atoms with Gasteiger partial charge in [-0.1, -0.05) is 66.8 Å². The zero-order chi connectivity index (χ0) is 25.1. The van der Waals surface area contributed by atoms with E-state index >= 15 is 0 Å². The van der Waals surface area contributed by atoms with Gasteiger partial charge in [0, 0.05) is 13.3 Å². The Morgan fingerprint density at radius 1 is 1.23 bits per heavy atom. The van der Waals surface area contributed by atoms with Gasteiger partial charge in [0.25, 0.3) is 0 Å². The molecule has 35 heavy (non-hydrogen) atoms. The van der Waals surface area contributed by atoms with Gasteiger partial charge in [-0.2, -0.15) is 0 Å². The van der Waals surface area contributed by atoms with Gasteiger partial charge in [0.1, 0.15) is 12.1 Å². The monoisotopic (exact) mass is 496 g/mol. The van der Waals surface area contributed by atoms with Gasteiger partial charge in [-0.15, -0.1) is 0 Å². The Hall–Kier alpha value is -2.87. The number of hydrogen-bond donors (Lipinski definition) is 2. The number of carboxylic acids is 1. The number of piperidine rings is 1. The normalized spacial score (nSPS) is 26.6. The number of allylic oxidation sites excluding steroid dienone is 4. The molecule has 2 heterocycles. The van der Waals surface area contributed by atoms with E-state index in [1.807, 2.05) is 36.4 Å². The van der Waals surface area contributed by atoms with Crippen LogP contribution in [0.5, 0.6) is 0 Å². The van der Waals surface area contributed by atoms with E-state index in [0.717, 1.165) is 41.3 Å². The smallest absolute Gasteiger partial charge is 0.326 e. The van der Waals surface area contributed by atoms with Gasteiger partial charge in [-0.3, -0.25) is 14.4 Å². The van der Waals surface area contributed by atoms with Crippen molar-refractivity contribution in [3.63, 3.8) is 0 Å².